The quantitative estimate of drug-likeness (QED) is 0.414. The van der Waals surface area contributed by atoms with Crippen molar-refractivity contribution in [3.8, 4) is 5.75 Å². The summed E-state index contributed by atoms with van der Waals surface area (Å²) in [7, 11) is 1.62. The Morgan fingerprint density at radius 3 is 2.05 bits per heavy atom. The highest BCUT2D eigenvalue weighted by Crippen LogP contribution is 2.71. The first-order valence-electron chi connectivity index (χ1n) is 6.52. The lowest BCUT2D eigenvalue weighted by Crippen LogP contribution is -1.92. The molecule has 0 aliphatic heterocycles. The number of methoxy groups -OCH3 is 1. The van der Waals surface area contributed by atoms with Crippen LogP contribution in [0.2, 0.25) is 15.1 Å². The molecule has 2 unspecified atom stereocenters. The van der Waals surface area contributed by atoms with Crippen LogP contribution in [0.25, 0.3) is 0 Å². The predicted octanol–water partition coefficient (Wildman–Crippen LogP) is 6.71. The summed E-state index contributed by atoms with van der Waals surface area (Å²) < 4.78 is 4.24. The maximum Gasteiger partial charge on any atom is 0.133 e. The molecular formula is C16H11Cl5O. The summed E-state index contributed by atoms with van der Waals surface area (Å²) in [5.41, 5.74) is 1.83. The monoisotopic (exact) mass is 394 g/mol. The van der Waals surface area contributed by atoms with Gasteiger partial charge in [0.1, 0.15) is 10.1 Å². The maximum atomic E-state index is 6.48. The predicted molar refractivity (Wildman–Crippen MR) is 94.4 cm³/mol. The van der Waals surface area contributed by atoms with E-state index in [0.29, 0.717) is 15.1 Å². The lowest BCUT2D eigenvalue weighted by molar-refractivity contribution is 0.414. The second-order valence-electron chi connectivity index (χ2n) is 5.19. The van der Waals surface area contributed by atoms with E-state index in [1.807, 2.05) is 24.3 Å². The minimum Gasteiger partial charge on any atom is -0.497 e. The van der Waals surface area contributed by atoms with Gasteiger partial charge in [0, 0.05) is 16.9 Å². The highest BCUT2D eigenvalue weighted by molar-refractivity contribution is 6.53. The van der Waals surface area contributed by atoms with E-state index in [0.717, 1.165) is 16.9 Å². The third-order valence-electron chi connectivity index (χ3n) is 3.90. The molecule has 0 N–H and O–H groups in total. The van der Waals surface area contributed by atoms with E-state index >= 15 is 0 Å². The molecule has 3 rings (SSSR count). The molecule has 0 bridgehead atoms. The third kappa shape index (κ3) is 2.79. The van der Waals surface area contributed by atoms with Crippen LogP contribution in [-0.2, 0) is 0 Å². The van der Waals surface area contributed by atoms with E-state index in [2.05, 4.69) is 0 Å². The minimum absolute atomic E-state index is 0.0588. The number of ether oxygens (including phenoxy) is 1. The molecule has 0 heterocycles. The van der Waals surface area contributed by atoms with E-state index in [1.165, 1.54) is 0 Å². The highest BCUT2D eigenvalue weighted by Gasteiger charge is 2.64. The van der Waals surface area contributed by atoms with Crippen LogP contribution in [0.4, 0.5) is 0 Å². The molecule has 0 spiro atoms. The van der Waals surface area contributed by atoms with Crippen LogP contribution in [0.5, 0.6) is 5.75 Å². The first kappa shape index (κ1) is 16.5. The fraction of sp³-hybridized carbons (Fsp3) is 0.250. The number of hydrogen-bond donors (Lipinski definition) is 0. The molecule has 116 valence electrons. The van der Waals surface area contributed by atoms with Gasteiger partial charge in [0.15, 0.2) is 0 Å². The van der Waals surface area contributed by atoms with E-state index in [1.54, 1.807) is 19.2 Å². The lowest BCUT2D eigenvalue weighted by Gasteiger charge is -2.06. The van der Waals surface area contributed by atoms with Gasteiger partial charge in [-0.2, -0.15) is 0 Å². The zero-order chi connectivity index (χ0) is 16.1. The fourth-order valence-electron chi connectivity index (χ4n) is 2.72. The Morgan fingerprint density at radius 1 is 0.864 bits per heavy atom. The first-order valence-corrected chi connectivity index (χ1v) is 8.41. The average Bonchev–Trinajstić information content (AvgIpc) is 3.05. The van der Waals surface area contributed by atoms with Crippen LogP contribution in [0.1, 0.15) is 23.0 Å². The normalized spacial score (nSPS) is 22.5. The fourth-order valence-corrected chi connectivity index (χ4v) is 4.25. The smallest absolute Gasteiger partial charge is 0.133 e. The van der Waals surface area contributed by atoms with Gasteiger partial charge in [0.05, 0.1) is 17.2 Å². The van der Waals surface area contributed by atoms with Gasteiger partial charge in [-0.3, -0.25) is 0 Å². The van der Waals surface area contributed by atoms with Gasteiger partial charge >= 0.3 is 0 Å². The summed E-state index contributed by atoms with van der Waals surface area (Å²) in [6.45, 7) is 0. The van der Waals surface area contributed by atoms with Crippen molar-refractivity contribution in [2.75, 3.05) is 7.11 Å². The number of rotatable bonds is 3. The Morgan fingerprint density at radius 2 is 1.45 bits per heavy atom. The summed E-state index contributed by atoms with van der Waals surface area (Å²) in [5, 5.41) is 1.36. The topological polar surface area (TPSA) is 9.23 Å². The van der Waals surface area contributed by atoms with E-state index < -0.39 is 4.33 Å². The molecule has 6 heteroatoms. The molecule has 1 aliphatic rings. The van der Waals surface area contributed by atoms with Crippen molar-refractivity contribution in [3.05, 3.63) is 62.6 Å². The zero-order valence-electron chi connectivity index (χ0n) is 11.4. The Balaban J connectivity index is 1.97. The molecule has 2 aromatic carbocycles. The van der Waals surface area contributed by atoms with Gasteiger partial charge in [0.2, 0.25) is 0 Å². The minimum atomic E-state index is -0.921. The lowest BCUT2D eigenvalue weighted by atomic mass is 10.0. The second kappa shape index (κ2) is 5.96. The Hall–Kier alpha value is -0.310. The Labute approximate surface area is 154 Å². The van der Waals surface area contributed by atoms with Gasteiger partial charge in [-0.05, 0) is 35.4 Å². The van der Waals surface area contributed by atoms with Crippen LogP contribution in [0.15, 0.2) is 36.4 Å². The molecule has 2 atom stereocenters. The van der Waals surface area contributed by atoms with Gasteiger partial charge in [-0.15, -0.1) is 23.2 Å². The van der Waals surface area contributed by atoms with Gasteiger partial charge < -0.3 is 4.74 Å². The van der Waals surface area contributed by atoms with Gasteiger partial charge in [-0.1, -0.05) is 46.9 Å². The summed E-state index contributed by atoms with van der Waals surface area (Å²) in [4.78, 5) is 0. The number of halogens is 5. The molecular weight excluding hydrogens is 385 g/mol. The van der Waals surface area contributed by atoms with Crippen molar-refractivity contribution in [2.24, 2.45) is 0 Å². The molecule has 1 fully saturated rings. The standard InChI is InChI=1S/C16H11Cl5O/c1-22-9-4-2-8(3-5-9)14-15(16(14,20)21)10-6-12(18)13(19)7-11(10)17/h2-7,14-15H,1H3. The van der Waals surface area contributed by atoms with Crippen molar-refractivity contribution < 1.29 is 4.74 Å². The summed E-state index contributed by atoms with van der Waals surface area (Å²) in [5.74, 6) is 0.589. The molecule has 22 heavy (non-hydrogen) atoms. The molecule has 1 saturated carbocycles. The van der Waals surface area contributed by atoms with E-state index in [4.69, 9.17) is 62.7 Å². The molecule has 1 nitrogen and oxygen atoms in total. The number of benzene rings is 2. The number of hydrogen-bond acceptors (Lipinski definition) is 1. The number of alkyl halides is 2. The summed E-state index contributed by atoms with van der Waals surface area (Å²) in [6.07, 6.45) is 0. The Bertz CT molecular complexity index is 711. The summed E-state index contributed by atoms with van der Waals surface area (Å²) >= 11 is 31.3. The van der Waals surface area contributed by atoms with Gasteiger partial charge in [-0.25, -0.2) is 0 Å². The largest absolute Gasteiger partial charge is 0.497 e. The molecule has 1 aliphatic carbocycles. The van der Waals surface area contributed by atoms with E-state index in [9.17, 15) is 0 Å². The van der Waals surface area contributed by atoms with Crippen molar-refractivity contribution in [3.63, 3.8) is 0 Å². The van der Waals surface area contributed by atoms with Crippen molar-refractivity contribution in [2.45, 2.75) is 16.2 Å². The Kier molecular flexibility index (Phi) is 4.48. The third-order valence-corrected chi connectivity index (χ3v) is 5.89. The summed E-state index contributed by atoms with van der Waals surface area (Å²) in [6, 6.07) is 11.0. The molecule has 0 saturated heterocycles. The van der Waals surface area contributed by atoms with Crippen LogP contribution in [0.3, 0.4) is 0 Å². The van der Waals surface area contributed by atoms with Crippen LogP contribution in [0, 0.1) is 0 Å². The second-order valence-corrected chi connectivity index (χ2v) is 7.86. The molecule has 2 aromatic rings. The van der Waals surface area contributed by atoms with Crippen molar-refractivity contribution >= 4 is 58.0 Å². The average molecular weight is 397 g/mol. The van der Waals surface area contributed by atoms with Crippen LogP contribution >= 0.6 is 58.0 Å². The van der Waals surface area contributed by atoms with Gasteiger partial charge in [0.25, 0.3) is 0 Å². The maximum absolute atomic E-state index is 6.48. The molecule has 0 radical (unpaired) electrons. The van der Waals surface area contributed by atoms with Crippen molar-refractivity contribution in [1.29, 1.82) is 0 Å². The molecule has 0 aromatic heterocycles. The van der Waals surface area contributed by atoms with Crippen LogP contribution in [-0.4, -0.2) is 11.4 Å². The van der Waals surface area contributed by atoms with Crippen molar-refractivity contribution in [1.82, 2.24) is 0 Å². The first-order chi connectivity index (χ1) is 10.4. The van der Waals surface area contributed by atoms with E-state index in [-0.39, 0.29) is 11.8 Å². The molecule has 0 amide bonds. The highest BCUT2D eigenvalue weighted by atomic mass is 35.5. The SMILES string of the molecule is COc1ccc(C2C(c3cc(Cl)c(Cl)cc3Cl)C2(Cl)Cl)cc1. The zero-order valence-corrected chi connectivity index (χ0v) is 15.2. The van der Waals surface area contributed by atoms with Crippen LogP contribution < -0.4 is 4.74 Å².